The number of nitrogens with zero attached hydrogens (tertiary/aromatic N) is 5. The average molecular weight is 399 g/mol. The molecule has 4 rings (SSSR count). The van der Waals surface area contributed by atoms with E-state index < -0.39 is 16.6 Å². The first-order chi connectivity index (χ1) is 13.5. The summed E-state index contributed by atoms with van der Waals surface area (Å²) >= 11 is 1.27. The van der Waals surface area contributed by atoms with E-state index in [4.69, 9.17) is 0 Å². The molecule has 0 unspecified atom stereocenters. The van der Waals surface area contributed by atoms with Crippen LogP contribution in [0, 0.1) is 21.7 Å². The summed E-state index contributed by atoms with van der Waals surface area (Å²) in [6.07, 6.45) is 0. The van der Waals surface area contributed by atoms with E-state index in [1.807, 2.05) is 0 Å². The summed E-state index contributed by atoms with van der Waals surface area (Å²) in [4.78, 5) is 10.5. The first-order valence-corrected chi connectivity index (χ1v) is 9.04. The van der Waals surface area contributed by atoms with Crippen molar-refractivity contribution >= 4 is 23.1 Å². The first-order valence-electron chi connectivity index (χ1n) is 8.05. The van der Waals surface area contributed by atoms with Gasteiger partial charge in [0.25, 0.3) is 5.69 Å². The van der Waals surface area contributed by atoms with Crippen LogP contribution in [-0.4, -0.2) is 24.7 Å². The van der Waals surface area contributed by atoms with Crippen LogP contribution in [0.4, 0.5) is 14.5 Å². The second-order valence-electron chi connectivity index (χ2n) is 5.82. The molecule has 0 saturated carbocycles. The lowest BCUT2D eigenvalue weighted by Crippen LogP contribution is -1.97. The zero-order valence-electron chi connectivity index (χ0n) is 14.1. The van der Waals surface area contributed by atoms with Crippen molar-refractivity contribution in [3.8, 4) is 11.3 Å². The number of fused-ring (bicyclic) bond motifs is 1. The number of halogens is 2. The van der Waals surface area contributed by atoms with Gasteiger partial charge in [-0.2, -0.15) is 9.61 Å². The zero-order valence-corrected chi connectivity index (χ0v) is 14.9. The highest BCUT2D eigenvalue weighted by molar-refractivity contribution is 7.98. The molecule has 0 saturated heterocycles. The summed E-state index contributed by atoms with van der Waals surface area (Å²) in [5.74, 6) is -1.46. The van der Waals surface area contributed by atoms with Gasteiger partial charge in [0.05, 0.1) is 10.6 Å². The van der Waals surface area contributed by atoms with Crippen LogP contribution in [0.25, 0.3) is 16.9 Å². The lowest BCUT2D eigenvalue weighted by molar-refractivity contribution is -0.384. The van der Waals surface area contributed by atoms with Gasteiger partial charge in [-0.3, -0.25) is 10.1 Å². The molecule has 0 fully saturated rings. The van der Waals surface area contributed by atoms with Crippen molar-refractivity contribution in [1.29, 1.82) is 0 Å². The monoisotopic (exact) mass is 399 g/mol. The van der Waals surface area contributed by atoms with E-state index in [9.17, 15) is 18.9 Å². The highest BCUT2D eigenvalue weighted by atomic mass is 32.2. The van der Waals surface area contributed by atoms with Gasteiger partial charge in [0.1, 0.15) is 0 Å². The molecule has 0 aliphatic heterocycles. The predicted octanol–water partition coefficient (Wildman–Crippen LogP) is 4.27. The van der Waals surface area contributed by atoms with Gasteiger partial charge in [-0.15, -0.1) is 10.2 Å². The molecule has 0 bridgehead atoms. The van der Waals surface area contributed by atoms with Crippen molar-refractivity contribution in [2.24, 2.45) is 0 Å². The van der Waals surface area contributed by atoms with Gasteiger partial charge in [-0.25, -0.2) is 8.78 Å². The number of nitro groups is 1. The van der Waals surface area contributed by atoms with E-state index in [0.29, 0.717) is 33.4 Å². The van der Waals surface area contributed by atoms with Gasteiger partial charge in [-0.1, -0.05) is 30.0 Å². The molecular formula is C18H11F2N5O2S. The number of benzene rings is 2. The third-order valence-electron chi connectivity index (χ3n) is 3.94. The number of non-ortho nitro benzene ring substituents is 1. The molecule has 0 aliphatic carbocycles. The Hall–Kier alpha value is -3.40. The van der Waals surface area contributed by atoms with E-state index in [1.54, 1.807) is 24.3 Å². The average Bonchev–Trinajstić information content (AvgIpc) is 3.11. The van der Waals surface area contributed by atoms with Crippen LogP contribution in [0.1, 0.15) is 5.56 Å². The number of hydrogen-bond donors (Lipinski definition) is 0. The number of aromatic nitrogens is 4. The Morgan fingerprint density at radius 1 is 1.04 bits per heavy atom. The zero-order chi connectivity index (χ0) is 19.7. The Bertz CT molecular complexity index is 1200. The van der Waals surface area contributed by atoms with Crippen LogP contribution >= 0.6 is 11.8 Å². The summed E-state index contributed by atoms with van der Waals surface area (Å²) in [6.45, 7) is 0. The van der Waals surface area contributed by atoms with E-state index >= 15 is 0 Å². The first kappa shape index (κ1) is 18.0. The normalized spacial score (nSPS) is 11.1. The molecule has 4 aromatic rings. The Labute approximate surface area is 161 Å². The quantitative estimate of drug-likeness (QED) is 0.283. The molecular weight excluding hydrogens is 388 g/mol. The number of hydrogen-bond acceptors (Lipinski definition) is 6. The van der Waals surface area contributed by atoms with Gasteiger partial charge < -0.3 is 0 Å². The van der Waals surface area contributed by atoms with Gasteiger partial charge in [0.15, 0.2) is 17.3 Å². The summed E-state index contributed by atoms with van der Waals surface area (Å²) < 4.78 is 27.9. The maximum absolute atomic E-state index is 13.4. The summed E-state index contributed by atoms with van der Waals surface area (Å²) in [5, 5.41) is 24.0. The fourth-order valence-electron chi connectivity index (χ4n) is 2.57. The smallest absolute Gasteiger partial charge is 0.258 e. The van der Waals surface area contributed by atoms with Gasteiger partial charge in [0, 0.05) is 23.4 Å². The molecule has 0 aliphatic rings. The second-order valence-corrected chi connectivity index (χ2v) is 6.76. The van der Waals surface area contributed by atoms with Crippen LogP contribution in [0.5, 0.6) is 0 Å². The summed E-state index contributed by atoms with van der Waals surface area (Å²) in [7, 11) is 0. The minimum absolute atomic E-state index is 0.0314. The van der Waals surface area contributed by atoms with Gasteiger partial charge >= 0.3 is 0 Å². The second kappa shape index (κ2) is 7.31. The van der Waals surface area contributed by atoms with E-state index in [2.05, 4.69) is 15.3 Å². The SMILES string of the molecule is O=[N+]([O-])c1cccc(-c2ccc3nnc(SCc4ccc(F)c(F)c4)n3n2)c1. The van der Waals surface area contributed by atoms with Gasteiger partial charge in [-0.05, 0) is 29.8 Å². The number of thioether (sulfide) groups is 1. The third-order valence-corrected chi connectivity index (χ3v) is 4.93. The minimum atomic E-state index is -0.907. The molecule has 140 valence electrons. The number of nitro benzene ring substituents is 1. The van der Waals surface area contributed by atoms with Crippen LogP contribution in [-0.2, 0) is 5.75 Å². The standard InChI is InChI=1S/C18H11F2N5O2S/c19-14-5-4-11(8-15(14)20)10-28-18-22-21-17-7-6-16(23-24(17)18)12-2-1-3-13(9-12)25(26)27/h1-9H,10H2. The third kappa shape index (κ3) is 3.54. The largest absolute Gasteiger partial charge is 0.270 e. The van der Waals surface area contributed by atoms with Crippen molar-refractivity contribution < 1.29 is 13.7 Å². The fourth-order valence-corrected chi connectivity index (χ4v) is 3.40. The fraction of sp³-hybridized carbons (Fsp3) is 0.0556. The van der Waals surface area contributed by atoms with Crippen molar-refractivity contribution in [2.75, 3.05) is 0 Å². The van der Waals surface area contributed by atoms with E-state index in [-0.39, 0.29) is 5.69 Å². The topological polar surface area (TPSA) is 86.2 Å². The summed E-state index contributed by atoms with van der Waals surface area (Å²) in [5.41, 5.74) is 2.17. The van der Waals surface area contributed by atoms with Crippen molar-refractivity contribution in [3.05, 3.63) is 81.9 Å². The van der Waals surface area contributed by atoms with Gasteiger partial charge in [0.2, 0.25) is 5.16 Å². The molecule has 7 nitrogen and oxygen atoms in total. The van der Waals surface area contributed by atoms with E-state index in [0.717, 1.165) is 12.1 Å². The molecule has 2 aromatic carbocycles. The Morgan fingerprint density at radius 3 is 2.68 bits per heavy atom. The van der Waals surface area contributed by atoms with Crippen LogP contribution in [0.3, 0.4) is 0 Å². The lowest BCUT2D eigenvalue weighted by Gasteiger charge is -2.04. The highest BCUT2D eigenvalue weighted by Crippen LogP contribution is 2.25. The molecule has 0 amide bonds. The number of rotatable bonds is 5. The Morgan fingerprint density at radius 2 is 1.89 bits per heavy atom. The van der Waals surface area contributed by atoms with Crippen LogP contribution < -0.4 is 0 Å². The molecule has 0 spiro atoms. The molecule has 0 atom stereocenters. The summed E-state index contributed by atoms with van der Waals surface area (Å²) in [6, 6.07) is 13.3. The van der Waals surface area contributed by atoms with Crippen LogP contribution in [0.2, 0.25) is 0 Å². The Kier molecular flexibility index (Phi) is 4.70. The molecule has 0 radical (unpaired) electrons. The minimum Gasteiger partial charge on any atom is -0.258 e. The van der Waals surface area contributed by atoms with E-state index in [1.165, 1.54) is 34.5 Å². The van der Waals surface area contributed by atoms with Crippen molar-refractivity contribution in [2.45, 2.75) is 10.9 Å². The molecule has 2 heterocycles. The molecule has 10 heteroatoms. The maximum Gasteiger partial charge on any atom is 0.270 e. The molecule has 2 aromatic heterocycles. The van der Waals surface area contributed by atoms with Crippen molar-refractivity contribution in [1.82, 2.24) is 19.8 Å². The molecule has 0 N–H and O–H groups in total. The van der Waals surface area contributed by atoms with Crippen LogP contribution in [0.15, 0.2) is 59.8 Å². The van der Waals surface area contributed by atoms with Crippen molar-refractivity contribution in [3.63, 3.8) is 0 Å². The highest BCUT2D eigenvalue weighted by Gasteiger charge is 2.12. The Balaban J connectivity index is 1.63. The predicted molar refractivity (Wildman–Crippen MR) is 98.8 cm³/mol. The molecule has 28 heavy (non-hydrogen) atoms. The lowest BCUT2D eigenvalue weighted by atomic mass is 10.1. The maximum atomic E-state index is 13.4.